The third-order valence-corrected chi connectivity index (χ3v) is 21.1. The van der Waals surface area contributed by atoms with Crippen molar-refractivity contribution >= 4 is 45.3 Å². The smallest absolute Gasteiger partial charge is 0.197 e. The number of rotatable bonds is 9. The van der Waals surface area contributed by atoms with E-state index in [1.807, 2.05) is 51.4 Å². The number of hydrogen-bond donors (Lipinski definition) is 0. The Morgan fingerprint density at radius 1 is 0.512 bits per heavy atom. The summed E-state index contributed by atoms with van der Waals surface area (Å²) < 4.78 is 21.1. The average Bonchev–Trinajstić information content (AvgIpc) is 1.50. The van der Waals surface area contributed by atoms with E-state index in [0.29, 0.717) is 40.9 Å². The predicted octanol–water partition coefficient (Wildman–Crippen LogP) is 22.3. The van der Waals surface area contributed by atoms with Gasteiger partial charge in [-0.25, -0.2) is 29.9 Å². The van der Waals surface area contributed by atoms with Crippen LogP contribution in [0, 0.1) is 102 Å². The normalized spacial score (nSPS) is 20.3. The molecule has 10 rings (SSSR count). The highest BCUT2D eigenvalue weighted by atomic mass is 32.1. The number of oxazole rings is 2. The van der Waals surface area contributed by atoms with Crippen molar-refractivity contribution in [3.05, 3.63) is 99.0 Å². The van der Waals surface area contributed by atoms with Crippen LogP contribution < -0.4 is 0 Å². The van der Waals surface area contributed by atoms with Gasteiger partial charge in [-0.05, 0) is 140 Å². The maximum absolute atomic E-state index is 5.36. The van der Waals surface area contributed by atoms with Gasteiger partial charge in [-0.3, -0.25) is 0 Å². The molecule has 2 atom stereocenters. The molecule has 2 unspecified atom stereocenters. The van der Waals surface area contributed by atoms with Gasteiger partial charge < -0.3 is 18.3 Å². The van der Waals surface area contributed by atoms with Crippen LogP contribution in [0.25, 0.3) is 0 Å². The minimum Gasteiger partial charge on any atom is -0.446 e. The molecule has 0 bridgehead atoms. The van der Waals surface area contributed by atoms with E-state index >= 15 is 0 Å². The maximum Gasteiger partial charge on any atom is 0.197 e. The fraction of sp³-hybridized carbons (Fsp3) is 0.743. The van der Waals surface area contributed by atoms with E-state index in [1.165, 1.54) is 66.0 Å². The van der Waals surface area contributed by atoms with Gasteiger partial charge >= 0.3 is 0 Å². The van der Waals surface area contributed by atoms with Crippen LogP contribution in [0.15, 0.2) is 32.8 Å². The van der Waals surface area contributed by atoms with Crippen molar-refractivity contribution in [2.75, 3.05) is 26.4 Å². The van der Waals surface area contributed by atoms with E-state index in [2.05, 4.69) is 201 Å². The van der Waals surface area contributed by atoms with Crippen LogP contribution in [0.3, 0.4) is 0 Å². The number of ether oxygens (including phenoxy) is 2. The second kappa shape index (κ2) is 37.6. The monoisotopic (exact) mass is 1240 g/mol. The van der Waals surface area contributed by atoms with Crippen LogP contribution in [0.1, 0.15) is 288 Å². The summed E-state index contributed by atoms with van der Waals surface area (Å²) in [6.45, 7) is 64.3. The van der Waals surface area contributed by atoms with Crippen molar-refractivity contribution in [2.45, 2.75) is 268 Å². The van der Waals surface area contributed by atoms with Crippen molar-refractivity contribution in [3.8, 4) is 0 Å². The van der Waals surface area contributed by atoms with Gasteiger partial charge in [0.05, 0.1) is 44.2 Å². The Bertz CT molecular complexity index is 2380. The van der Waals surface area contributed by atoms with Gasteiger partial charge in [-0.1, -0.05) is 138 Å². The van der Waals surface area contributed by atoms with Crippen LogP contribution in [0.5, 0.6) is 0 Å². The van der Waals surface area contributed by atoms with Crippen LogP contribution in [-0.2, 0) is 9.47 Å². The van der Waals surface area contributed by atoms with E-state index in [1.54, 1.807) is 53.0 Å². The molecule has 2 saturated heterocycles. The number of thiazole rings is 4. The predicted molar refractivity (Wildman–Crippen MR) is 364 cm³/mol. The SMILES string of the molecule is CC(C)C1(C)CCOC1.CC(C)C1CCOC1.CC1CC2(C1)CC(C(C)C)C2.Cc1cnc(C(C)C)o1.Cc1cnc(C(C)C)s1.Cc1cnc(C(C)C)s1.Cc1csc(C(C)C)n1.Cc1nc(C(C)C)oc1C.Cc1nc(C(C)C)sc1C. The van der Waals surface area contributed by atoms with Crippen molar-refractivity contribution in [2.24, 2.45) is 46.3 Å². The van der Waals surface area contributed by atoms with Gasteiger partial charge in [-0.15, -0.1) is 45.3 Å². The molecule has 8 heterocycles. The molecule has 0 radical (unpaired) electrons. The zero-order valence-electron chi connectivity index (χ0n) is 58.3. The molecule has 0 N–H and O–H groups in total. The van der Waals surface area contributed by atoms with Gasteiger partial charge in [0, 0.05) is 93.4 Å². The van der Waals surface area contributed by atoms with Crippen LogP contribution in [-0.4, -0.2) is 56.3 Å². The van der Waals surface area contributed by atoms with Crippen molar-refractivity contribution in [1.82, 2.24) is 29.9 Å². The first-order valence-electron chi connectivity index (χ1n) is 31.8. The standard InChI is InChI=1S/C11H20.C8H13NO.C8H13NS.C8H16O.C7H11NO.3C7H11NS.C7H14O/c1-8(2)10-6-11(7-10)4-9(3)5-11;2*1-5(2)8-9-6(3)7(4)10-8;1-7(2)8(3)4-5-9-6-8;1-5(2)7-8-4-6(3)9-7;1-5(2)7-8-6(3)4-9-7;2*1-5(2)7-8-4-6(3)9-7;1-6(2)7-3-4-8-5-7/h8-10H,4-7H2,1-3H3;2*5H,1-4H3;7H,4-6H2,1-3H3;4*4-5H,1-3H3;6-7H,3-5H2,1-2H3. The summed E-state index contributed by atoms with van der Waals surface area (Å²) in [5.41, 5.74) is 4.68. The zero-order valence-corrected chi connectivity index (χ0v) is 61.5. The van der Waals surface area contributed by atoms with Crippen LogP contribution in [0.2, 0.25) is 0 Å². The Kier molecular flexibility index (Phi) is 34.5. The fourth-order valence-corrected chi connectivity index (χ4v) is 12.8. The fourth-order valence-electron chi connectivity index (χ4n) is 9.54. The Balaban J connectivity index is 0.000000323. The topological polar surface area (TPSA) is 122 Å². The van der Waals surface area contributed by atoms with E-state index in [4.69, 9.17) is 18.3 Å². The number of aryl methyl sites for hydroxylation is 8. The van der Waals surface area contributed by atoms with Gasteiger partial charge in [0.2, 0.25) is 0 Å². The molecule has 6 aromatic rings. The molecule has 0 amide bonds. The lowest BCUT2D eigenvalue weighted by Gasteiger charge is -2.58. The van der Waals surface area contributed by atoms with Crippen molar-refractivity contribution < 1.29 is 18.3 Å². The first-order valence-corrected chi connectivity index (χ1v) is 35.1. The molecular formula is C70H120N6O4S4. The number of nitrogens with zero attached hydrogens (tertiary/aromatic N) is 6. The lowest BCUT2D eigenvalue weighted by atomic mass is 9.47. The summed E-state index contributed by atoms with van der Waals surface area (Å²) in [6, 6.07) is 0. The Morgan fingerprint density at radius 2 is 1.04 bits per heavy atom. The van der Waals surface area contributed by atoms with E-state index in [9.17, 15) is 0 Å². The molecule has 14 heteroatoms. The van der Waals surface area contributed by atoms with Crippen molar-refractivity contribution in [3.63, 3.8) is 0 Å². The quantitative estimate of drug-likeness (QED) is 0.138. The Labute approximate surface area is 529 Å². The lowest BCUT2D eigenvalue weighted by molar-refractivity contribution is -0.0768. The number of hydrogen-bond acceptors (Lipinski definition) is 14. The first-order chi connectivity index (χ1) is 39.1. The lowest BCUT2D eigenvalue weighted by Crippen LogP contribution is -2.48. The van der Waals surface area contributed by atoms with Gasteiger partial charge in [-0.2, -0.15) is 0 Å². The molecule has 0 aromatic carbocycles. The van der Waals surface area contributed by atoms with Crippen molar-refractivity contribution in [1.29, 1.82) is 0 Å². The molecule has 2 aliphatic heterocycles. The Morgan fingerprint density at radius 3 is 1.25 bits per heavy atom. The summed E-state index contributed by atoms with van der Waals surface area (Å²) in [5.74, 6) is 12.1. The summed E-state index contributed by atoms with van der Waals surface area (Å²) in [6.07, 6.45) is 14.3. The van der Waals surface area contributed by atoms with Crippen LogP contribution >= 0.6 is 45.3 Å². The highest BCUT2D eigenvalue weighted by molar-refractivity contribution is 7.12. The molecule has 10 nitrogen and oxygen atoms in total. The Hall–Kier alpha value is -3.14. The third-order valence-electron chi connectivity index (χ3n) is 16.1. The minimum atomic E-state index is 0.396. The molecule has 4 fully saturated rings. The first kappa shape index (κ1) is 77.0. The summed E-state index contributed by atoms with van der Waals surface area (Å²) in [5, 5.41) is 7.08. The molecule has 1 spiro atoms. The van der Waals surface area contributed by atoms with E-state index in [-0.39, 0.29) is 0 Å². The summed E-state index contributed by atoms with van der Waals surface area (Å²) in [4.78, 5) is 29.5. The number of aromatic nitrogens is 6. The van der Waals surface area contributed by atoms with Crippen LogP contribution in [0.4, 0.5) is 0 Å². The summed E-state index contributed by atoms with van der Waals surface area (Å²) in [7, 11) is 0. The third kappa shape index (κ3) is 27.9. The largest absolute Gasteiger partial charge is 0.446 e. The molecule has 4 aliphatic rings. The molecular weight excluding hydrogens is 1120 g/mol. The minimum absolute atomic E-state index is 0.396. The second-order valence-electron chi connectivity index (χ2n) is 27.5. The highest BCUT2D eigenvalue weighted by Crippen LogP contribution is 2.62. The highest BCUT2D eigenvalue weighted by Gasteiger charge is 2.51. The molecule has 2 aliphatic carbocycles. The summed E-state index contributed by atoms with van der Waals surface area (Å²) >= 11 is 7.13. The van der Waals surface area contributed by atoms with E-state index in [0.717, 1.165) is 102 Å². The average molecular weight is 1240 g/mol. The molecule has 2 saturated carbocycles. The van der Waals surface area contributed by atoms with Gasteiger partial charge in [0.1, 0.15) is 11.5 Å². The molecule has 84 heavy (non-hydrogen) atoms. The molecule has 6 aromatic heterocycles. The maximum atomic E-state index is 5.36. The van der Waals surface area contributed by atoms with Gasteiger partial charge in [0.25, 0.3) is 0 Å². The van der Waals surface area contributed by atoms with Gasteiger partial charge in [0.15, 0.2) is 11.8 Å². The molecule has 478 valence electrons. The zero-order chi connectivity index (χ0) is 63.8. The second-order valence-corrected chi connectivity index (χ2v) is 32.1. The van der Waals surface area contributed by atoms with E-state index < -0.39 is 0 Å².